The van der Waals surface area contributed by atoms with Crippen LogP contribution in [0.15, 0.2) is 53.4 Å². The highest BCUT2D eigenvalue weighted by atomic mass is 32.2. The number of rotatable bonds is 3. The van der Waals surface area contributed by atoms with Gasteiger partial charge in [0.15, 0.2) is 0 Å². The average molecular weight is 576 g/mol. The van der Waals surface area contributed by atoms with Crippen molar-refractivity contribution in [3.05, 3.63) is 65.2 Å². The van der Waals surface area contributed by atoms with Crippen LogP contribution >= 0.6 is 0 Å². The van der Waals surface area contributed by atoms with E-state index in [1.807, 2.05) is 32.0 Å². The van der Waals surface area contributed by atoms with Gasteiger partial charge in [-0.25, -0.2) is 18.1 Å². The monoisotopic (exact) mass is 575 g/mol. The van der Waals surface area contributed by atoms with Crippen molar-refractivity contribution < 1.29 is 17.9 Å². The van der Waals surface area contributed by atoms with Crippen molar-refractivity contribution in [2.45, 2.75) is 57.0 Å². The molecule has 3 heterocycles. The summed E-state index contributed by atoms with van der Waals surface area (Å²) in [5.41, 5.74) is 3.84. The summed E-state index contributed by atoms with van der Waals surface area (Å²) in [7, 11) is -4.07. The standard InChI is InChI=1S/C31H37N5O4S/c1-21-8-6-9-22(2)29(21)27-17-28-33-31(32-27)34-41(38,39)26-13-7-12-24(16-26)30(37)36-15-14-35(19-25(20-36)40-28)18-23-10-4-3-5-11-23/h6-9,12-13,16-17,23,25H,3-5,10-11,14-15,18-20H2,1-2H3,(H,32,33,34). The highest BCUT2D eigenvalue weighted by Gasteiger charge is 2.31. The molecule has 1 saturated carbocycles. The summed E-state index contributed by atoms with van der Waals surface area (Å²) in [6, 6.07) is 13.9. The number of ether oxygens (including phenoxy) is 1. The molecule has 3 aromatic rings. The first-order chi connectivity index (χ1) is 19.7. The minimum atomic E-state index is -4.07. The fourth-order valence-electron chi connectivity index (χ4n) is 6.40. The predicted molar refractivity (Wildman–Crippen MR) is 158 cm³/mol. The van der Waals surface area contributed by atoms with Crippen LogP contribution in [0.5, 0.6) is 5.88 Å². The number of hydrogen-bond donors (Lipinski definition) is 1. The molecule has 2 fully saturated rings. The summed E-state index contributed by atoms with van der Waals surface area (Å²) in [6.07, 6.45) is 6.00. The number of nitrogens with one attached hydrogen (secondary N) is 1. The van der Waals surface area contributed by atoms with Crippen LogP contribution in [0.1, 0.15) is 53.6 Å². The van der Waals surface area contributed by atoms with Crippen molar-refractivity contribution >= 4 is 21.9 Å². The number of anilines is 1. The van der Waals surface area contributed by atoms with E-state index in [2.05, 4.69) is 19.6 Å². The molecule has 1 atom stereocenters. The maximum Gasteiger partial charge on any atom is 0.264 e. The van der Waals surface area contributed by atoms with Gasteiger partial charge in [0.2, 0.25) is 11.8 Å². The number of hydrogen-bond acceptors (Lipinski definition) is 7. The number of sulfonamides is 1. The van der Waals surface area contributed by atoms with Gasteiger partial charge in [0, 0.05) is 43.4 Å². The van der Waals surface area contributed by atoms with E-state index in [1.54, 1.807) is 23.1 Å². The van der Waals surface area contributed by atoms with Crippen molar-refractivity contribution in [2.24, 2.45) is 5.92 Å². The molecular weight excluding hydrogens is 538 g/mol. The second kappa shape index (κ2) is 11.4. The Bertz CT molecular complexity index is 1530. The van der Waals surface area contributed by atoms with Crippen molar-refractivity contribution in [1.82, 2.24) is 19.8 Å². The van der Waals surface area contributed by atoms with E-state index in [9.17, 15) is 13.2 Å². The van der Waals surface area contributed by atoms with Crippen LogP contribution in [-0.2, 0) is 10.0 Å². The first-order valence-electron chi connectivity index (χ1n) is 14.5. The lowest BCUT2D eigenvalue weighted by atomic mass is 9.89. The zero-order valence-corrected chi connectivity index (χ0v) is 24.5. The number of nitrogens with zero attached hydrogens (tertiary/aromatic N) is 4. The number of benzene rings is 2. The van der Waals surface area contributed by atoms with Gasteiger partial charge in [-0.05, 0) is 61.9 Å². The van der Waals surface area contributed by atoms with Crippen LogP contribution in [0, 0.1) is 19.8 Å². The fraction of sp³-hybridized carbons (Fsp3) is 0.452. The number of fused-ring (bicyclic) bond motifs is 6. The molecular formula is C31H37N5O4S. The smallest absolute Gasteiger partial charge is 0.264 e. The van der Waals surface area contributed by atoms with Crippen LogP contribution in [0.25, 0.3) is 11.3 Å². The number of amides is 1. The van der Waals surface area contributed by atoms with E-state index in [4.69, 9.17) is 4.74 Å². The molecule has 9 nitrogen and oxygen atoms in total. The quantitative estimate of drug-likeness (QED) is 0.484. The molecule has 0 radical (unpaired) electrons. The Balaban J connectivity index is 1.43. The topological polar surface area (TPSA) is 105 Å². The van der Waals surface area contributed by atoms with Gasteiger partial charge in [0.1, 0.15) is 6.10 Å². The van der Waals surface area contributed by atoms with Gasteiger partial charge in [-0.1, -0.05) is 43.5 Å². The van der Waals surface area contributed by atoms with E-state index in [1.165, 1.54) is 44.2 Å². The fourth-order valence-corrected chi connectivity index (χ4v) is 7.39. The maximum atomic E-state index is 13.7. The molecule has 6 bridgehead atoms. The largest absolute Gasteiger partial charge is 0.471 e. The van der Waals surface area contributed by atoms with Gasteiger partial charge < -0.3 is 9.64 Å². The van der Waals surface area contributed by atoms with Gasteiger partial charge in [-0.2, -0.15) is 4.98 Å². The van der Waals surface area contributed by atoms with Crippen LogP contribution in [0.3, 0.4) is 0 Å². The van der Waals surface area contributed by atoms with Gasteiger partial charge >= 0.3 is 0 Å². The third-order valence-corrected chi connectivity index (χ3v) is 9.77. The number of carbonyl (C=O) groups excluding carboxylic acids is 1. The minimum Gasteiger partial charge on any atom is -0.471 e. The Morgan fingerprint density at radius 3 is 2.49 bits per heavy atom. The maximum absolute atomic E-state index is 13.7. The SMILES string of the molecule is Cc1cccc(C)c1-c1cc2nc(n1)NS(=O)(=O)c1cccc(c1)C(=O)N1CCN(CC3CCCCC3)CC(C1)O2. The van der Waals surface area contributed by atoms with E-state index in [-0.39, 0.29) is 28.7 Å². The molecule has 3 aliphatic rings. The summed E-state index contributed by atoms with van der Waals surface area (Å²) >= 11 is 0. The Kier molecular flexibility index (Phi) is 7.70. The molecule has 6 rings (SSSR count). The van der Waals surface area contributed by atoms with E-state index < -0.39 is 10.0 Å². The molecule has 1 saturated heterocycles. The average Bonchev–Trinajstić information content (AvgIpc) is 3.14. The molecule has 1 N–H and O–H groups in total. The Morgan fingerprint density at radius 2 is 1.71 bits per heavy atom. The van der Waals surface area contributed by atoms with Crippen LogP contribution in [-0.4, -0.2) is 72.9 Å². The Morgan fingerprint density at radius 1 is 0.951 bits per heavy atom. The van der Waals surface area contributed by atoms with Crippen molar-refractivity contribution in [3.8, 4) is 17.1 Å². The van der Waals surface area contributed by atoms with Crippen molar-refractivity contribution in [1.29, 1.82) is 0 Å². The van der Waals surface area contributed by atoms with Gasteiger partial charge in [-0.3, -0.25) is 9.69 Å². The molecule has 1 amide bonds. The molecule has 41 heavy (non-hydrogen) atoms. The summed E-state index contributed by atoms with van der Waals surface area (Å²) in [5.74, 6) is 0.659. The third-order valence-electron chi connectivity index (χ3n) is 8.44. The van der Waals surface area contributed by atoms with Gasteiger partial charge in [-0.15, -0.1) is 0 Å². The first kappa shape index (κ1) is 27.7. The Labute approximate surface area is 242 Å². The first-order valence-corrected chi connectivity index (χ1v) is 16.0. The van der Waals surface area contributed by atoms with E-state index in [0.717, 1.165) is 29.8 Å². The predicted octanol–water partition coefficient (Wildman–Crippen LogP) is 4.66. The summed E-state index contributed by atoms with van der Waals surface area (Å²) in [4.78, 5) is 27.0. The summed E-state index contributed by atoms with van der Waals surface area (Å²) < 4.78 is 35.9. The second-order valence-corrected chi connectivity index (χ2v) is 13.3. The molecule has 10 heteroatoms. The van der Waals surface area contributed by atoms with Crippen LogP contribution in [0.4, 0.5) is 5.95 Å². The van der Waals surface area contributed by atoms with Crippen molar-refractivity contribution in [3.63, 3.8) is 0 Å². The molecule has 1 aliphatic carbocycles. The molecule has 1 unspecified atom stereocenters. The molecule has 2 aromatic carbocycles. The second-order valence-electron chi connectivity index (χ2n) is 11.6. The molecule has 216 valence electrons. The Hall–Kier alpha value is -3.50. The number of carbonyl (C=O) groups is 1. The number of aryl methyl sites for hydroxylation is 2. The lowest BCUT2D eigenvalue weighted by molar-refractivity contribution is 0.0689. The normalized spacial score (nSPS) is 21.5. The molecule has 1 aromatic heterocycles. The molecule has 0 spiro atoms. The highest BCUT2D eigenvalue weighted by molar-refractivity contribution is 7.92. The van der Waals surface area contributed by atoms with Gasteiger partial charge in [0.25, 0.3) is 15.9 Å². The van der Waals surface area contributed by atoms with Crippen LogP contribution < -0.4 is 9.46 Å². The van der Waals surface area contributed by atoms with Crippen molar-refractivity contribution in [2.75, 3.05) is 37.4 Å². The summed E-state index contributed by atoms with van der Waals surface area (Å²) in [5, 5.41) is 0. The lowest BCUT2D eigenvalue weighted by Crippen LogP contribution is -2.41. The summed E-state index contributed by atoms with van der Waals surface area (Å²) in [6.45, 7) is 7.31. The van der Waals surface area contributed by atoms with E-state index >= 15 is 0 Å². The third kappa shape index (κ3) is 6.08. The van der Waals surface area contributed by atoms with Gasteiger partial charge in [0.05, 0.1) is 17.1 Å². The zero-order chi connectivity index (χ0) is 28.6. The zero-order valence-electron chi connectivity index (χ0n) is 23.7. The van der Waals surface area contributed by atoms with E-state index in [0.29, 0.717) is 36.8 Å². The number of aromatic nitrogens is 2. The minimum absolute atomic E-state index is 0.0172. The highest BCUT2D eigenvalue weighted by Crippen LogP contribution is 2.31. The van der Waals surface area contributed by atoms with Crippen LogP contribution in [0.2, 0.25) is 0 Å². The molecule has 2 aliphatic heterocycles. The lowest BCUT2D eigenvalue weighted by Gasteiger charge is -2.30.